The fraction of sp³-hybridized carbons (Fsp3) is 0.529. The SMILES string of the molecule is Cl.c1ccc2c3c([nH]c2c1)C(NC1CCCC1)CCC3. The Morgan fingerprint density at radius 2 is 1.80 bits per heavy atom. The molecule has 20 heavy (non-hydrogen) atoms. The number of benzene rings is 1. The average Bonchev–Trinajstić information content (AvgIpc) is 3.06. The number of halogens is 1. The van der Waals surface area contributed by atoms with Gasteiger partial charge in [-0.15, -0.1) is 12.4 Å². The van der Waals surface area contributed by atoms with Crippen LogP contribution in [0.15, 0.2) is 24.3 Å². The average molecular weight is 291 g/mol. The van der Waals surface area contributed by atoms with Crippen molar-refractivity contribution in [3.8, 4) is 0 Å². The van der Waals surface area contributed by atoms with Gasteiger partial charge in [0.1, 0.15) is 0 Å². The predicted octanol–water partition coefficient (Wildman–Crippen LogP) is 4.50. The summed E-state index contributed by atoms with van der Waals surface area (Å²) in [6.07, 6.45) is 9.39. The van der Waals surface area contributed by atoms with E-state index < -0.39 is 0 Å². The summed E-state index contributed by atoms with van der Waals surface area (Å²) in [5.74, 6) is 0. The number of para-hydroxylation sites is 1. The summed E-state index contributed by atoms with van der Waals surface area (Å²) >= 11 is 0. The van der Waals surface area contributed by atoms with Gasteiger partial charge in [0.2, 0.25) is 0 Å². The number of rotatable bonds is 2. The molecule has 3 heteroatoms. The zero-order valence-electron chi connectivity index (χ0n) is 11.8. The van der Waals surface area contributed by atoms with Crippen molar-refractivity contribution in [2.45, 2.75) is 57.0 Å². The van der Waals surface area contributed by atoms with Crippen molar-refractivity contribution in [1.82, 2.24) is 10.3 Å². The van der Waals surface area contributed by atoms with Crippen molar-refractivity contribution in [3.05, 3.63) is 35.5 Å². The molecule has 0 spiro atoms. The normalized spacial score (nSPS) is 22.7. The second-order valence-electron chi connectivity index (χ2n) is 6.16. The molecule has 2 aliphatic carbocycles. The van der Waals surface area contributed by atoms with Gasteiger partial charge in [-0.1, -0.05) is 31.0 Å². The van der Waals surface area contributed by atoms with Crippen molar-refractivity contribution >= 4 is 23.3 Å². The molecule has 1 unspecified atom stereocenters. The van der Waals surface area contributed by atoms with Crippen molar-refractivity contribution in [1.29, 1.82) is 0 Å². The van der Waals surface area contributed by atoms with E-state index in [1.165, 1.54) is 61.5 Å². The van der Waals surface area contributed by atoms with Crippen LogP contribution in [0.2, 0.25) is 0 Å². The minimum Gasteiger partial charge on any atom is -0.357 e. The molecule has 0 amide bonds. The van der Waals surface area contributed by atoms with Crippen LogP contribution >= 0.6 is 12.4 Å². The molecule has 108 valence electrons. The third-order valence-corrected chi connectivity index (χ3v) is 4.91. The molecule has 2 aromatic rings. The van der Waals surface area contributed by atoms with Crippen LogP contribution in [-0.4, -0.2) is 11.0 Å². The highest BCUT2D eigenvalue weighted by Crippen LogP contribution is 2.35. The minimum absolute atomic E-state index is 0. The Morgan fingerprint density at radius 3 is 2.65 bits per heavy atom. The molecule has 1 saturated carbocycles. The highest BCUT2D eigenvalue weighted by Gasteiger charge is 2.26. The van der Waals surface area contributed by atoms with Gasteiger partial charge in [0.05, 0.1) is 0 Å². The summed E-state index contributed by atoms with van der Waals surface area (Å²) in [4.78, 5) is 3.68. The van der Waals surface area contributed by atoms with E-state index in [-0.39, 0.29) is 12.4 Å². The van der Waals surface area contributed by atoms with Crippen LogP contribution in [-0.2, 0) is 6.42 Å². The summed E-state index contributed by atoms with van der Waals surface area (Å²) in [5.41, 5.74) is 4.35. The fourth-order valence-corrected chi connectivity index (χ4v) is 3.96. The lowest BCUT2D eigenvalue weighted by atomic mass is 9.91. The Hall–Kier alpha value is -0.990. The summed E-state index contributed by atoms with van der Waals surface area (Å²) < 4.78 is 0. The minimum atomic E-state index is 0. The Kier molecular flexibility index (Phi) is 4.04. The van der Waals surface area contributed by atoms with E-state index in [4.69, 9.17) is 0 Å². The van der Waals surface area contributed by atoms with E-state index >= 15 is 0 Å². The third-order valence-electron chi connectivity index (χ3n) is 4.91. The maximum absolute atomic E-state index is 3.90. The third kappa shape index (κ3) is 2.36. The summed E-state index contributed by atoms with van der Waals surface area (Å²) in [6.45, 7) is 0. The molecule has 1 fully saturated rings. The highest BCUT2D eigenvalue weighted by atomic mass is 35.5. The molecule has 1 heterocycles. The lowest BCUT2D eigenvalue weighted by molar-refractivity contribution is 0.392. The number of nitrogens with one attached hydrogen (secondary N) is 2. The molecule has 2 aliphatic rings. The monoisotopic (exact) mass is 290 g/mol. The van der Waals surface area contributed by atoms with E-state index in [0.717, 1.165) is 6.04 Å². The zero-order valence-corrected chi connectivity index (χ0v) is 12.6. The standard InChI is InChI=1S/C17H22N2.ClH/c1-2-7-12(6-1)18-16-11-5-9-14-13-8-3-4-10-15(13)19-17(14)16;/h3-4,8,10,12,16,18-19H,1-2,5-7,9,11H2;1H. The number of hydrogen-bond donors (Lipinski definition) is 2. The summed E-state index contributed by atoms with van der Waals surface area (Å²) in [7, 11) is 0. The van der Waals surface area contributed by atoms with Gasteiger partial charge < -0.3 is 10.3 Å². The van der Waals surface area contributed by atoms with Crippen LogP contribution < -0.4 is 5.32 Å². The van der Waals surface area contributed by atoms with Crippen LogP contribution in [0.4, 0.5) is 0 Å². The lowest BCUT2D eigenvalue weighted by Gasteiger charge is -2.27. The van der Waals surface area contributed by atoms with Crippen LogP contribution in [0, 0.1) is 0 Å². The number of aromatic nitrogens is 1. The Balaban J connectivity index is 0.00000121. The Bertz CT molecular complexity index is 584. The first kappa shape index (κ1) is 14.0. The molecule has 0 aliphatic heterocycles. The van der Waals surface area contributed by atoms with Gasteiger partial charge >= 0.3 is 0 Å². The molecule has 2 N–H and O–H groups in total. The fourth-order valence-electron chi connectivity index (χ4n) is 3.96. The molecular formula is C17H23ClN2. The van der Waals surface area contributed by atoms with Gasteiger partial charge in [-0.05, 0) is 43.7 Å². The molecule has 1 aromatic heterocycles. The van der Waals surface area contributed by atoms with Crippen molar-refractivity contribution < 1.29 is 0 Å². The van der Waals surface area contributed by atoms with E-state index in [0.29, 0.717) is 6.04 Å². The van der Waals surface area contributed by atoms with Crippen molar-refractivity contribution in [2.24, 2.45) is 0 Å². The number of hydrogen-bond acceptors (Lipinski definition) is 1. The molecule has 1 atom stereocenters. The van der Waals surface area contributed by atoms with Gasteiger partial charge in [0.25, 0.3) is 0 Å². The highest BCUT2D eigenvalue weighted by molar-refractivity contribution is 5.85. The Morgan fingerprint density at radius 1 is 1.00 bits per heavy atom. The van der Waals surface area contributed by atoms with Gasteiger partial charge in [-0.2, -0.15) is 0 Å². The molecule has 0 bridgehead atoms. The first-order chi connectivity index (χ1) is 9.42. The van der Waals surface area contributed by atoms with Gasteiger partial charge in [0, 0.05) is 28.7 Å². The second kappa shape index (κ2) is 5.79. The van der Waals surface area contributed by atoms with E-state index in [1.54, 1.807) is 5.56 Å². The molecule has 0 saturated heterocycles. The van der Waals surface area contributed by atoms with Gasteiger partial charge in [-0.25, -0.2) is 0 Å². The first-order valence-corrected chi connectivity index (χ1v) is 7.77. The Labute approximate surface area is 126 Å². The molecule has 1 aromatic carbocycles. The topological polar surface area (TPSA) is 27.8 Å². The maximum atomic E-state index is 3.90. The summed E-state index contributed by atoms with van der Waals surface area (Å²) in [6, 6.07) is 10.1. The molecule has 2 nitrogen and oxygen atoms in total. The smallest absolute Gasteiger partial charge is 0.0478 e. The predicted molar refractivity (Wildman–Crippen MR) is 86.6 cm³/mol. The van der Waals surface area contributed by atoms with E-state index in [1.807, 2.05) is 0 Å². The quantitative estimate of drug-likeness (QED) is 0.837. The second-order valence-corrected chi connectivity index (χ2v) is 6.16. The van der Waals surface area contributed by atoms with E-state index in [9.17, 15) is 0 Å². The maximum Gasteiger partial charge on any atom is 0.0478 e. The van der Waals surface area contributed by atoms with Gasteiger partial charge in [0.15, 0.2) is 0 Å². The van der Waals surface area contributed by atoms with E-state index in [2.05, 4.69) is 34.6 Å². The van der Waals surface area contributed by atoms with Crippen LogP contribution in [0.25, 0.3) is 10.9 Å². The number of aromatic amines is 1. The van der Waals surface area contributed by atoms with Crippen LogP contribution in [0.5, 0.6) is 0 Å². The lowest BCUT2D eigenvalue weighted by Crippen LogP contribution is -2.32. The van der Waals surface area contributed by atoms with Crippen molar-refractivity contribution in [3.63, 3.8) is 0 Å². The van der Waals surface area contributed by atoms with Crippen molar-refractivity contribution in [2.75, 3.05) is 0 Å². The van der Waals surface area contributed by atoms with Crippen LogP contribution in [0.1, 0.15) is 55.8 Å². The number of H-pyrrole nitrogens is 1. The summed E-state index contributed by atoms with van der Waals surface area (Å²) in [5, 5.41) is 5.34. The van der Waals surface area contributed by atoms with Crippen LogP contribution in [0.3, 0.4) is 0 Å². The van der Waals surface area contributed by atoms with Gasteiger partial charge in [-0.3, -0.25) is 0 Å². The first-order valence-electron chi connectivity index (χ1n) is 7.77. The zero-order chi connectivity index (χ0) is 12.7. The molecular weight excluding hydrogens is 268 g/mol. The number of fused-ring (bicyclic) bond motifs is 3. The largest absolute Gasteiger partial charge is 0.357 e. The molecule has 0 radical (unpaired) electrons. The number of aryl methyl sites for hydroxylation is 1. The molecule has 4 rings (SSSR count).